The van der Waals surface area contributed by atoms with E-state index in [-0.39, 0.29) is 17.7 Å². The summed E-state index contributed by atoms with van der Waals surface area (Å²) >= 11 is 0. The maximum Gasteiger partial charge on any atom is 0.227 e. The normalized spacial score (nSPS) is 31.5. The molecule has 1 aromatic rings. The third-order valence-electron chi connectivity index (χ3n) is 5.73. The Morgan fingerprint density at radius 1 is 0.917 bits per heavy atom. The number of anilines is 1. The van der Waals surface area contributed by atoms with Gasteiger partial charge >= 0.3 is 0 Å². The summed E-state index contributed by atoms with van der Waals surface area (Å²) < 4.78 is 0. The van der Waals surface area contributed by atoms with Crippen molar-refractivity contribution in [3.63, 3.8) is 0 Å². The minimum absolute atomic E-state index is 0.00578. The Labute approximate surface area is 141 Å². The molecule has 0 radical (unpaired) electrons. The first-order valence-electron chi connectivity index (χ1n) is 8.63. The van der Waals surface area contributed by atoms with Crippen molar-refractivity contribution < 1.29 is 14.7 Å². The lowest BCUT2D eigenvalue weighted by molar-refractivity contribution is -0.313. The molecule has 2 bridgehead atoms. The largest absolute Gasteiger partial charge is 0.550 e. The predicted octanol–water partition coefficient (Wildman–Crippen LogP) is 0.523. The SMILES string of the molecule is O=C([O-])[C@@H]1[C@H](C(=O)N2CCN(c3ccccc3)CC2)[C@@H]2C=C[C@@H]1C2. The van der Waals surface area contributed by atoms with Crippen LogP contribution in [0.25, 0.3) is 0 Å². The highest BCUT2D eigenvalue weighted by atomic mass is 16.4. The van der Waals surface area contributed by atoms with Gasteiger partial charge in [-0.25, -0.2) is 0 Å². The van der Waals surface area contributed by atoms with Crippen molar-refractivity contribution in [2.24, 2.45) is 23.7 Å². The van der Waals surface area contributed by atoms with E-state index in [0.29, 0.717) is 13.1 Å². The number of aliphatic carboxylic acids is 1. The van der Waals surface area contributed by atoms with Crippen LogP contribution in [0.2, 0.25) is 0 Å². The van der Waals surface area contributed by atoms with E-state index >= 15 is 0 Å². The summed E-state index contributed by atoms with van der Waals surface area (Å²) in [5.41, 5.74) is 1.17. The molecule has 1 saturated heterocycles. The summed E-state index contributed by atoms with van der Waals surface area (Å²) in [7, 11) is 0. The number of benzene rings is 1. The molecule has 1 aromatic carbocycles. The Morgan fingerprint density at radius 3 is 2.17 bits per heavy atom. The summed E-state index contributed by atoms with van der Waals surface area (Å²) in [6, 6.07) is 10.2. The minimum Gasteiger partial charge on any atom is -0.550 e. The van der Waals surface area contributed by atoms with Gasteiger partial charge in [0.2, 0.25) is 5.91 Å². The summed E-state index contributed by atoms with van der Waals surface area (Å²) in [6.07, 6.45) is 4.74. The van der Waals surface area contributed by atoms with Crippen LogP contribution in [0.1, 0.15) is 6.42 Å². The second kappa shape index (κ2) is 5.96. The maximum absolute atomic E-state index is 12.9. The fourth-order valence-corrected chi connectivity index (χ4v) is 4.51. The molecule has 3 aliphatic rings. The first-order chi connectivity index (χ1) is 11.6. The minimum atomic E-state index is -1.08. The molecule has 1 heterocycles. The molecule has 126 valence electrons. The van der Waals surface area contributed by atoms with Crippen molar-refractivity contribution in [2.75, 3.05) is 31.1 Å². The van der Waals surface area contributed by atoms with E-state index < -0.39 is 17.8 Å². The number of carbonyl (C=O) groups excluding carboxylic acids is 2. The third-order valence-corrected chi connectivity index (χ3v) is 5.73. The number of carboxylic acid groups (broad SMARTS) is 1. The van der Waals surface area contributed by atoms with Gasteiger partial charge in [-0.15, -0.1) is 0 Å². The van der Waals surface area contributed by atoms with E-state index in [4.69, 9.17) is 0 Å². The molecule has 0 aromatic heterocycles. The van der Waals surface area contributed by atoms with E-state index in [9.17, 15) is 14.7 Å². The van der Waals surface area contributed by atoms with Crippen molar-refractivity contribution in [3.05, 3.63) is 42.5 Å². The number of carboxylic acids is 1. The highest BCUT2D eigenvalue weighted by Crippen LogP contribution is 2.48. The fraction of sp³-hybridized carbons (Fsp3) is 0.474. The number of hydrogen-bond donors (Lipinski definition) is 0. The van der Waals surface area contributed by atoms with Gasteiger partial charge in [-0.1, -0.05) is 30.4 Å². The zero-order chi connectivity index (χ0) is 16.7. The molecule has 4 rings (SSSR count). The number of piperazine rings is 1. The number of nitrogens with zero attached hydrogens (tertiary/aromatic N) is 2. The molecule has 0 N–H and O–H groups in total. The van der Waals surface area contributed by atoms with Crippen LogP contribution in [0.4, 0.5) is 5.69 Å². The summed E-state index contributed by atoms with van der Waals surface area (Å²) in [4.78, 5) is 28.5. The zero-order valence-corrected chi connectivity index (χ0v) is 13.5. The van der Waals surface area contributed by atoms with Crippen LogP contribution in [0.3, 0.4) is 0 Å². The van der Waals surface area contributed by atoms with Crippen LogP contribution in [0, 0.1) is 23.7 Å². The van der Waals surface area contributed by atoms with Crippen LogP contribution in [-0.4, -0.2) is 43.0 Å². The van der Waals surface area contributed by atoms with Crippen LogP contribution >= 0.6 is 0 Å². The standard InChI is InChI=1S/C19H22N2O3/c22-18(16-13-6-7-14(12-13)17(16)19(23)24)21-10-8-20(9-11-21)15-4-2-1-3-5-15/h1-7,13-14,16-17H,8-12H2,(H,23,24)/p-1/t13-,14-,16-,17+/m1/s1. The topological polar surface area (TPSA) is 63.7 Å². The number of rotatable bonds is 3. The molecule has 2 aliphatic carbocycles. The maximum atomic E-state index is 12.9. The Kier molecular flexibility index (Phi) is 3.79. The van der Waals surface area contributed by atoms with Crippen LogP contribution < -0.4 is 10.0 Å². The second-order valence-electron chi connectivity index (χ2n) is 6.97. The summed E-state index contributed by atoms with van der Waals surface area (Å²) in [6.45, 7) is 2.85. The van der Waals surface area contributed by atoms with Crippen molar-refractivity contribution in [1.29, 1.82) is 0 Å². The Balaban J connectivity index is 1.43. The molecular formula is C19H21N2O3-. The lowest BCUT2D eigenvalue weighted by Gasteiger charge is -2.39. The Morgan fingerprint density at radius 2 is 1.54 bits per heavy atom. The second-order valence-corrected chi connectivity index (χ2v) is 6.97. The average molecular weight is 325 g/mol. The van der Waals surface area contributed by atoms with Crippen molar-refractivity contribution in [3.8, 4) is 0 Å². The van der Waals surface area contributed by atoms with Gasteiger partial charge in [-0.3, -0.25) is 4.79 Å². The lowest BCUT2D eigenvalue weighted by atomic mass is 9.82. The molecule has 0 unspecified atom stereocenters. The number of para-hydroxylation sites is 1. The van der Waals surface area contributed by atoms with Gasteiger partial charge in [-0.2, -0.15) is 0 Å². The molecule has 4 atom stereocenters. The molecule has 0 spiro atoms. The molecule has 1 amide bonds. The molecule has 1 saturated carbocycles. The summed E-state index contributed by atoms with van der Waals surface area (Å²) in [5.74, 6) is -2.13. The Hall–Kier alpha value is -2.30. The fourth-order valence-electron chi connectivity index (χ4n) is 4.51. The van der Waals surface area contributed by atoms with Crippen molar-refractivity contribution >= 4 is 17.6 Å². The number of allylic oxidation sites excluding steroid dienone is 2. The van der Waals surface area contributed by atoms with Gasteiger partial charge in [0, 0.05) is 43.8 Å². The number of carbonyl (C=O) groups is 2. The lowest BCUT2D eigenvalue weighted by Crippen LogP contribution is -2.53. The van der Waals surface area contributed by atoms with Gasteiger partial charge < -0.3 is 19.7 Å². The molecule has 24 heavy (non-hydrogen) atoms. The van der Waals surface area contributed by atoms with Crippen molar-refractivity contribution in [1.82, 2.24) is 4.90 Å². The molecule has 5 nitrogen and oxygen atoms in total. The van der Waals surface area contributed by atoms with E-state index in [1.54, 1.807) is 0 Å². The molecule has 2 fully saturated rings. The highest BCUT2D eigenvalue weighted by Gasteiger charge is 2.49. The first kappa shape index (κ1) is 15.2. The quantitative estimate of drug-likeness (QED) is 0.760. The molecule has 1 aliphatic heterocycles. The summed E-state index contributed by atoms with van der Waals surface area (Å²) in [5, 5.41) is 11.5. The predicted molar refractivity (Wildman–Crippen MR) is 88.0 cm³/mol. The monoisotopic (exact) mass is 325 g/mol. The highest BCUT2D eigenvalue weighted by molar-refractivity contribution is 5.86. The van der Waals surface area contributed by atoms with Gasteiger partial charge in [0.05, 0.1) is 5.92 Å². The van der Waals surface area contributed by atoms with Crippen molar-refractivity contribution in [2.45, 2.75) is 6.42 Å². The molecular weight excluding hydrogens is 304 g/mol. The van der Waals surface area contributed by atoms with Crippen LogP contribution in [0.5, 0.6) is 0 Å². The van der Waals surface area contributed by atoms with Gasteiger partial charge in [-0.05, 0) is 30.4 Å². The number of amides is 1. The third kappa shape index (κ3) is 2.48. The number of hydrogen-bond acceptors (Lipinski definition) is 4. The van der Waals surface area contributed by atoms with E-state index in [2.05, 4.69) is 17.0 Å². The molecule has 5 heteroatoms. The van der Waals surface area contributed by atoms with Crippen LogP contribution in [0.15, 0.2) is 42.5 Å². The smallest absolute Gasteiger partial charge is 0.227 e. The van der Waals surface area contributed by atoms with Gasteiger partial charge in [0.25, 0.3) is 0 Å². The average Bonchev–Trinajstić information content (AvgIpc) is 3.23. The van der Waals surface area contributed by atoms with E-state index in [1.165, 1.54) is 5.69 Å². The van der Waals surface area contributed by atoms with E-state index in [1.807, 2.05) is 35.3 Å². The zero-order valence-electron chi connectivity index (χ0n) is 13.5. The van der Waals surface area contributed by atoms with Crippen LogP contribution in [-0.2, 0) is 9.59 Å². The first-order valence-corrected chi connectivity index (χ1v) is 8.63. The Bertz CT molecular complexity index is 664. The van der Waals surface area contributed by atoms with Gasteiger partial charge in [0.15, 0.2) is 0 Å². The van der Waals surface area contributed by atoms with E-state index in [0.717, 1.165) is 19.5 Å². The number of fused-ring (bicyclic) bond motifs is 2. The van der Waals surface area contributed by atoms with Gasteiger partial charge in [0.1, 0.15) is 0 Å².